The highest BCUT2D eigenvalue weighted by molar-refractivity contribution is 6.30. The molecule has 0 aliphatic carbocycles. The molecule has 2 atom stereocenters. The van der Waals surface area contributed by atoms with E-state index in [4.69, 9.17) is 21.9 Å². The first-order valence-corrected chi connectivity index (χ1v) is 8.68. The number of hydrogen-bond acceptors (Lipinski definition) is 5. The zero-order valence-corrected chi connectivity index (χ0v) is 14.4. The molecule has 1 saturated heterocycles. The standard InChI is InChI=1S/C19H19ClN4O/c20-15-8-6-14(7-9-15)19-22-18(25-23-19)12-24-10-16(17(21)11-24)13-4-2-1-3-5-13/h1-9,16-17H,10-12,21H2/t16-,17+/m0/s1. The minimum absolute atomic E-state index is 0.112. The first-order chi connectivity index (χ1) is 12.2. The summed E-state index contributed by atoms with van der Waals surface area (Å²) in [5, 5.41) is 4.75. The highest BCUT2D eigenvalue weighted by Crippen LogP contribution is 2.27. The predicted octanol–water partition coefficient (Wildman–Crippen LogP) is 3.32. The van der Waals surface area contributed by atoms with Crippen molar-refractivity contribution in [2.45, 2.75) is 18.5 Å². The number of likely N-dealkylation sites (tertiary alicyclic amines) is 1. The van der Waals surface area contributed by atoms with E-state index in [0.29, 0.717) is 29.2 Å². The number of nitrogens with two attached hydrogens (primary N) is 1. The minimum Gasteiger partial charge on any atom is -0.338 e. The van der Waals surface area contributed by atoms with Crippen LogP contribution in [0, 0.1) is 0 Å². The van der Waals surface area contributed by atoms with Gasteiger partial charge in [0.15, 0.2) is 0 Å². The molecule has 0 bridgehead atoms. The van der Waals surface area contributed by atoms with Crippen LogP contribution in [0.25, 0.3) is 11.4 Å². The smallest absolute Gasteiger partial charge is 0.241 e. The third-order valence-corrected chi connectivity index (χ3v) is 4.85. The van der Waals surface area contributed by atoms with Crippen LogP contribution >= 0.6 is 11.6 Å². The Morgan fingerprint density at radius 1 is 1.08 bits per heavy atom. The van der Waals surface area contributed by atoms with Crippen molar-refractivity contribution >= 4 is 11.6 Å². The Balaban J connectivity index is 1.44. The van der Waals surface area contributed by atoms with Gasteiger partial charge in [0, 0.05) is 35.6 Å². The summed E-state index contributed by atoms with van der Waals surface area (Å²) >= 11 is 5.91. The Morgan fingerprint density at radius 2 is 1.84 bits per heavy atom. The Bertz CT molecular complexity index is 834. The van der Waals surface area contributed by atoms with Gasteiger partial charge >= 0.3 is 0 Å². The number of benzene rings is 2. The molecule has 0 unspecified atom stereocenters. The van der Waals surface area contributed by atoms with E-state index in [1.165, 1.54) is 5.56 Å². The number of hydrogen-bond donors (Lipinski definition) is 1. The zero-order chi connectivity index (χ0) is 17.2. The lowest BCUT2D eigenvalue weighted by Crippen LogP contribution is -2.28. The van der Waals surface area contributed by atoms with Crippen LogP contribution in [0.3, 0.4) is 0 Å². The van der Waals surface area contributed by atoms with Crippen LogP contribution in [0.15, 0.2) is 59.1 Å². The van der Waals surface area contributed by atoms with Crippen molar-refractivity contribution in [1.29, 1.82) is 0 Å². The molecule has 1 fully saturated rings. The molecular weight excluding hydrogens is 336 g/mol. The average molecular weight is 355 g/mol. The molecule has 0 amide bonds. The van der Waals surface area contributed by atoms with Crippen molar-refractivity contribution in [1.82, 2.24) is 15.0 Å². The molecule has 128 valence electrons. The fraction of sp³-hybridized carbons (Fsp3) is 0.263. The van der Waals surface area contributed by atoms with E-state index in [1.54, 1.807) is 0 Å². The van der Waals surface area contributed by atoms with Crippen LogP contribution in [0.4, 0.5) is 0 Å². The molecule has 25 heavy (non-hydrogen) atoms. The number of aromatic nitrogens is 2. The maximum Gasteiger partial charge on any atom is 0.241 e. The summed E-state index contributed by atoms with van der Waals surface area (Å²) in [5.74, 6) is 1.51. The summed E-state index contributed by atoms with van der Waals surface area (Å²) in [6, 6.07) is 17.9. The number of halogens is 1. The lowest BCUT2D eigenvalue weighted by molar-refractivity contribution is 0.264. The van der Waals surface area contributed by atoms with Gasteiger partial charge in [0.05, 0.1) is 6.54 Å². The number of nitrogens with zero attached hydrogens (tertiary/aromatic N) is 3. The van der Waals surface area contributed by atoms with Gasteiger partial charge in [-0.15, -0.1) is 0 Å². The van der Waals surface area contributed by atoms with Gasteiger partial charge in [-0.3, -0.25) is 4.90 Å². The van der Waals surface area contributed by atoms with Gasteiger partial charge in [0.2, 0.25) is 11.7 Å². The predicted molar refractivity (Wildman–Crippen MR) is 97.2 cm³/mol. The Morgan fingerprint density at radius 3 is 2.60 bits per heavy atom. The number of rotatable bonds is 4. The molecule has 1 aliphatic heterocycles. The first-order valence-electron chi connectivity index (χ1n) is 8.30. The van der Waals surface area contributed by atoms with Crippen LogP contribution in [0.1, 0.15) is 17.4 Å². The monoisotopic (exact) mass is 354 g/mol. The summed E-state index contributed by atoms with van der Waals surface area (Å²) in [6.45, 7) is 2.32. The lowest BCUT2D eigenvalue weighted by atomic mass is 9.95. The van der Waals surface area contributed by atoms with Crippen LogP contribution < -0.4 is 5.73 Å². The molecule has 1 aliphatic rings. The second-order valence-corrected chi connectivity index (χ2v) is 6.83. The van der Waals surface area contributed by atoms with Gasteiger partial charge < -0.3 is 10.3 Å². The fourth-order valence-corrected chi connectivity index (χ4v) is 3.45. The Kier molecular flexibility index (Phi) is 4.53. The van der Waals surface area contributed by atoms with Crippen molar-refractivity contribution in [2.24, 2.45) is 5.73 Å². The molecule has 4 rings (SSSR count). The van der Waals surface area contributed by atoms with Crippen molar-refractivity contribution < 1.29 is 4.52 Å². The van der Waals surface area contributed by atoms with E-state index in [9.17, 15) is 0 Å². The molecule has 0 spiro atoms. The van der Waals surface area contributed by atoms with E-state index in [2.05, 4.69) is 39.3 Å². The SMILES string of the molecule is N[C@@H]1CN(Cc2nc(-c3ccc(Cl)cc3)no2)C[C@H]1c1ccccc1. The lowest BCUT2D eigenvalue weighted by Gasteiger charge is -2.14. The van der Waals surface area contributed by atoms with Gasteiger partial charge in [-0.25, -0.2) is 0 Å². The maximum atomic E-state index is 6.34. The van der Waals surface area contributed by atoms with E-state index < -0.39 is 0 Å². The van der Waals surface area contributed by atoms with Crippen molar-refractivity contribution in [3.8, 4) is 11.4 Å². The molecule has 2 N–H and O–H groups in total. The minimum atomic E-state index is 0.112. The van der Waals surface area contributed by atoms with Gasteiger partial charge in [-0.05, 0) is 29.8 Å². The van der Waals surface area contributed by atoms with E-state index in [0.717, 1.165) is 18.7 Å². The van der Waals surface area contributed by atoms with Gasteiger partial charge in [0.25, 0.3) is 0 Å². The van der Waals surface area contributed by atoms with E-state index >= 15 is 0 Å². The topological polar surface area (TPSA) is 68.2 Å². The molecule has 6 heteroatoms. The normalized spacial score (nSPS) is 20.9. The quantitative estimate of drug-likeness (QED) is 0.778. The van der Waals surface area contributed by atoms with Crippen LogP contribution in [0.2, 0.25) is 5.02 Å². The summed E-state index contributed by atoms with van der Waals surface area (Å²) in [6.07, 6.45) is 0. The van der Waals surface area contributed by atoms with Crippen LogP contribution in [-0.4, -0.2) is 34.2 Å². The highest BCUT2D eigenvalue weighted by atomic mass is 35.5. The zero-order valence-electron chi connectivity index (χ0n) is 13.7. The maximum absolute atomic E-state index is 6.34. The first kappa shape index (κ1) is 16.3. The summed E-state index contributed by atoms with van der Waals surface area (Å²) in [5.41, 5.74) is 8.52. The highest BCUT2D eigenvalue weighted by Gasteiger charge is 2.32. The Hall–Kier alpha value is -2.21. The molecule has 2 aromatic carbocycles. The van der Waals surface area contributed by atoms with Gasteiger partial charge in [0.1, 0.15) is 0 Å². The molecule has 3 aromatic rings. The summed E-state index contributed by atoms with van der Waals surface area (Å²) in [4.78, 5) is 6.76. The largest absolute Gasteiger partial charge is 0.338 e. The molecule has 5 nitrogen and oxygen atoms in total. The molecule has 0 saturated carbocycles. The molecule has 1 aromatic heterocycles. The fourth-order valence-electron chi connectivity index (χ4n) is 3.32. The van der Waals surface area contributed by atoms with Crippen LogP contribution in [0.5, 0.6) is 0 Å². The molecule has 2 heterocycles. The second kappa shape index (κ2) is 6.96. The van der Waals surface area contributed by atoms with Crippen molar-refractivity contribution in [3.05, 3.63) is 71.1 Å². The third kappa shape index (κ3) is 3.58. The second-order valence-electron chi connectivity index (χ2n) is 6.39. The van der Waals surface area contributed by atoms with Crippen molar-refractivity contribution in [3.63, 3.8) is 0 Å². The Labute approximate surface area is 151 Å². The van der Waals surface area contributed by atoms with Gasteiger partial charge in [-0.1, -0.05) is 47.1 Å². The summed E-state index contributed by atoms with van der Waals surface area (Å²) < 4.78 is 5.41. The van der Waals surface area contributed by atoms with Crippen molar-refractivity contribution in [2.75, 3.05) is 13.1 Å². The van der Waals surface area contributed by atoms with E-state index in [1.807, 2.05) is 30.3 Å². The van der Waals surface area contributed by atoms with Gasteiger partial charge in [-0.2, -0.15) is 4.98 Å². The van der Waals surface area contributed by atoms with Crippen LogP contribution in [-0.2, 0) is 6.54 Å². The third-order valence-electron chi connectivity index (χ3n) is 4.60. The van der Waals surface area contributed by atoms with E-state index in [-0.39, 0.29) is 6.04 Å². The molecule has 0 radical (unpaired) electrons. The summed E-state index contributed by atoms with van der Waals surface area (Å²) in [7, 11) is 0. The molecular formula is C19H19ClN4O. The average Bonchev–Trinajstić information content (AvgIpc) is 3.23.